The zero-order chi connectivity index (χ0) is 14.9. The van der Waals surface area contributed by atoms with E-state index in [1.165, 1.54) is 0 Å². The predicted molar refractivity (Wildman–Crippen MR) is 75.6 cm³/mol. The molecule has 20 heavy (non-hydrogen) atoms. The summed E-state index contributed by atoms with van der Waals surface area (Å²) in [6.45, 7) is 6.38. The Hall–Kier alpha value is -2.09. The fourth-order valence-corrected chi connectivity index (χ4v) is 2.84. The molecule has 0 bridgehead atoms. The third-order valence-corrected chi connectivity index (χ3v) is 3.88. The van der Waals surface area contributed by atoms with Crippen LogP contribution in [-0.2, 0) is 4.79 Å². The summed E-state index contributed by atoms with van der Waals surface area (Å²) in [5, 5.41) is 18.8. The molecule has 0 spiro atoms. The Morgan fingerprint density at radius 3 is 2.85 bits per heavy atom. The van der Waals surface area contributed by atoms with Crippen LogP contribution in [-0.4, -0.2) is 28.6 Å². The molecule has 2 heterocycles. The lowest BCUT2D eigenvalue weighted by Crippen LogP contribution is -2.47. The molecule has 0 radical (unpaired) electrons. The van der Waals surface area contributed by atoms with Crippen molar-refractivity contribution in [2.45, 2.75) is 39.7 Å². The number of piperidine rings is 1. The van der Waals surface area contributed by atoms with Gasteiger partial charge in [-0.1, -0.05) is 6.92 Å². The maximum atomic E-state index is 11.5. The molecule has 2 atom stereocenters. The van der Waals surface area contributed by atoms with E-state index in [2.05, 4.69) is 18.0 Å². The Morgan fingerprint density at radius 2 is 2.25 bits per heavy atom. The number of hydrogen-bond acceptors (Lipinski definition) is 4. The fourth-order valence-electron chi connectivity index (χ4n) is 2.84. The molecule has 1 fully saturated rings. The van der Waals surface area contributed by atoms with Gasteiger partial charge in [-0.2, -0.15) is 5.26 Å². The second kappa shape index (κ2) is 5.49. The Kier molecular flexibility index (Phi) is 3.93. The number of aryl methyl sites for hydroxylation is 2. The summed E-state index contributed by atoms with van der Waals surface area (Å²) in [4.78, 5) is 17.7. The standard InChI is InChI=1S/C15H19N3O2/c1-9-4-5-18(14(6-9)15(19)20)13-7-10(2)17-11(3)12(13)8-16/h7,9,14H,4-6H2,1-3H3,(H,19,20). The van der Waals surface area contributed by atoms with E-state index >= 15 is 0 Å². The van der Waals surface area contributed by atoms with Gasteiger partial charge in [-0.15, -0.1) is 0 Å². The molecule has 0 aliphatic carbocycles. The molecule has 0 saturated carbocycles. The number of hydrogen-bond donors (Lipinski definition) is 1. The first kappa shape index (κ1) is 14.3. The predicted octanol–water partition coefficient (Wildman–Crippen LogP) is 2.26. The summed E-state index contributed by atoms with van der Waals surface area (Å²) in [5.74, 6) is -0.436. The summed E-state index contributed by atoms with van der Waals surface area (Å²) in [7, 11) is 0. The van der Waals surface area contributed by atoms with Crippen LogP contribution in [0.15, 0.2) is 6.07 Å². The Morgan fingerprint density at radius 1 is 1.55 bits per heavy atom. The van der Waals surface area contributed by atoms with Crippen molar-refractivity contribution in [3.63, 3.8) is 0 Å². The molecule has 106 valence electrons. The zero-order valence-corrected chi connectivity index (χ0v) is 12.1. The third-order valence-electron chi connectivity index (χ3n) is 3.88. The SMILES string of the molecule is Cc1cc(N2CCC(C)CC2C(=O)O)c(C#N)c(C)n1. The van der Waals surface area contributed by atoms with Crippen LogP contribution >= 0.6 is 0 Å². The van der Waals surface area contributed by atoms with Crippen molar-refractivity contribution < 1.29 is 9.90 Å². The summed E-state index contributed by atoms with van der Waals surface area (Å²) in [6.07, 6.45) is 1.55. The maximum Gasteiger partial charge on any atom is 0.326 e. The Labute approximate surface area is 118 Å². The van der Waals surface area contributed by atoms with Gasteiger partial charge in [0.1, 0.15) is 12.1 Å². The van der Waals surface area contributed by atoms with Crippen LogP contribution in [0.3, 0.4) is 0 Å². The van der Waals surface area contributed by atoms with Crippen LogP contribution in [0.1, 0.15) is 36.7 Å². The highest BCUT2D eigenvalue weighted by Gasteiger charge is 2.33. The zero-order valence-electron chi connectivity index (χ0n) is 12.1. The number of pyridine rings is 1. The number of nitrogens with zero attached hydrogens (tertiary/aromatic N) is 3. The second-order valence-corrected chi connectivity index (χ2v) is 5.53. The first-order valence-electron chi connectivity index (χ1n) is 6.81. The van der Waals surface area contributed by atoms with E-state index in [0.717, 1.165) is 12.1 Å². The number of carboxylic acids is 1. The lowest BCUT2D eigenvalue weighted by Gasteiger charge is -2.38. The summed E-state index contributed by atoms with van der Waals surface area (Å²) >= 11 is 0. The largest absolute Gasteiger partial charge is 0.480 e. The summed E-state index contributed by atoms with van der Waals surface area (Å²) in [6, 6.07) is 3.42. The molecule has 5 nitrogen and oxygen atoms in total. The van der Waals surface area contributed by atoms with Crippen LogP contribution in [0.2, 0.25) is 0 Å². The molecule has 1 aromatic rings. The second-order valence-electron chi connectivity index (χ2n) is 5.53. The molecule has 2 unspecified atom stereocenters. The van der Waals surface area contributed by atoms with Crippen molar-refractivity contribution in [1.82, 2.24) is 4.98 Å². The van der Waals surface area contributed by atoms with Crippen molar-refractivity contribution in [3.8, 4) is 6.07 Å². The topological polar surface area (TPSA) is 77.2 Å². The molecule has 1 saturated heterocycles. The summed E-state index contributed by atoms with van der Waals surface area (Å²) in [5.41, 5.74) is 2.65. The molecule has 1 aliphatic rings. The minimum atomic E-state index is -0.826. The molecule has 5 heteroatoms. The molecule has 2 rings (SSSR count). The van der Waals surface area contributed by atoms with Crippen molar-refractivity contribution in [2.24, 2.45) is 5.92 Å². The smallest absolute Gasteiger partial charge is 0.326 e. The van der Waals surface area contributed by atoms with Gasteiger partial charge in [0.2, 0.25) is 0 Å². The summed E-state index contributed by atoms with van der Waals surface area (Å²) < 4.78 is 0. The highest BCUT2D eigenvalue weighted by atomic mass is 16.4. The molecule has 1 N–H and O–H groups in total. The quantitative estimate of drug-likeness (QED) is 0.894. The lowest BCUT2D eigenvalue weighted by atomic mass is 9.91. The van der Waals surface area contributed by atoms with E-state index in [-0.39, 0.29) is 0 Å². The van der Waals surface area contributed by atoms with Crippen LogP contribution in [0.5, 0.6) is 0 Å². The van der Waals surface area contributed by atoms with Crippen molar-refractivity contribution in [3.05, 3.63) is 23.0 Å². The van der Waals surface area contributed by atoms with Crippen molar-refractivity contribution in [2.75, 3.05) is 11.4 Å². The number of aromatic nitrogens is 1. The van der Waals surface area contributed by atoms with Gasteiger partial charge in [0.25, 0.3) is 0 Å². The molecule has 1 aromatic heterocycles. The first-order chi connectivity index (χ1) is 9.43. The van der Waals surface area contributed by atoms with Gasteiger partial charge in [0.15, 0.2) is 0 Å². The van der Waals surface area contributed by atoms with E-state index in [9.17, 15) is 15.2 Å². The van der Waals surface area contributed by atoms with Gasteiger partial charge in [0, 0.05) is 12.2 Å². The minimum absolute atomic E-state index is 0.391. The maximum absolute atomic E-state index is 11.5. The number of anilines is 1. The van der Waals surface area contributed by atoms with Gasteiger partial charge >= 0.3 is 5.97 Å². The van der Waals surface area contributed by atoms with Crippen LogP contribution < -0.4 is 4.90 Å². The van der Waals surface area contributed by atoms with E-state index in [4.69, 9.17) is 0 Å². The average molecular weight is 273 g/mol. The molecule has 0 aromatic carbocycles. The third kappa shape index (κ3) is 2.60. The number of carbonyl (C=O) groups is 1. The fraction of sp³-hybridized carbons (Fsp3) is 0.533. The van der Waals surface area contributed by atoms with Gasteiger partial charge in [-0.05, 0) is 38.7 Å². The molecule has 1 aliphatic heterocycles. The van der Waals surface area contributed by atoms with E-state index in [0.29, 0.717) is 35.8 Å². The number of carboxylic acid groups (broad SMARTS) is 1. The highest BCUT2D eigenvalue weighted by molar-refractivity contribution is 5.80. The van der Waals surface area contributed by atoms with Crippen molar-refractivity contribution in [1.29, 1.82) is 5.26 Å². The normalized spacial score (nSPS) is 22.4. The number of nitriles is 1. The number of aliphatic carboxylic acids is 1. The van der Waals surface area contributed by atoms with Crippen LogP contribution in [0, 0.1) is 31.1 Å². The number of rotatable bonds is 2. The van der Waals surface area contributed by atoms with Crippen molar-refractivity contribution >= 4 is 11.7 Å². The molecule has 0 amide bonds. The van der Waals surface area contributed by atoms with Crippen LogP contribution in [0.4, 0.5) is 5.69 Å². The van der Waals surface area contributed by atoms with Gasteiger partial charge in [-0.3, -0.25) is 4.98 Å². The lowest BCUT2D eigenvalue weighted by molar-refractivity contribution is -0.139. The van der Waals surface area contributed by atoms with Crippen LogP contribution in [0.25, 0.3) is 0 Å². The van der Waals surface area contributed by atoms with Gasteiger partial charge < -0.3 is 10.0 Å². The average Bonchev–Trinajstić information content (AvgIpc) is 2.37. The molecular formula is C15H19N3O2. The highest BCUT2D eigenvalue weighted by Crippen LogP contribution is 2.31. The Bertz CT molecular complexity index is 577. The van der Waals surface area contributed by atoms with E-state index in [1.54, 1.807) is 6.92 Å². The Balaban J connectivity index is 2.49. The minimum Gasteiger partial charge on any atom is -0.480 e. The van der Waals surface area contributed by atoms with E-state index < -0.39 is 12.0 Å². The van der Waals surface area contributed by atoms with Gasteiger partial charge in [0.05, 0.1) is 16.9 Å². The monoisotopic (exact) mass is 273 g/mol. The van der Waals surface area contributed by atoms with E-state index in [1.807, 2.05) is 17.9 Å². The first-order valence-corrected chi connectivity index (χ1v) is 6.81. The molecular weight excluding hydrogens is 254 g/mol. The van der Waals surface area contributed by atoms with Gasteiger partial charge in [-0.25, -0.2) is 4.79 Å².